The van der Waals surface area contributed by atoms with Gasteiger partial charge in [0.25, 0.3) is 0 Å². The van der Waals surface area contributed by atoms with E-state index in [-0.39, 0.29) is 0 Å². The maximum Gasteiger partial charge on any atom is 0.318 e. The Morgan fingerprint density at radius 2 is 1.36 bits per heavy atom. The Hall–Kier alpha value is -2.57. The molecule has 0 saturated carbocycles. The SMILES string of the molecule is CC(NC(=O)N(C)C(C)c1ccc(F)c(F)c1)c1ccc(F)c(F)c1. The summed E-state index contributed by atoms with van der Waals surface area (Å²) < 4.78 is 52.6. The second kappa shape index (κ2) is 7.55. The predicted molar refractivity (Wildman–Crippen MR) is 85.8 cm³/mol. The van der Waals surface area contributed by atoms with E-state index in [0.29, 0.717) is 11.1 Å². The highest BCUT2D eigenvalue weighted by atomic mass is 19.2. The van der Waals surface area contributed by atoms with Crippen molar-refractivity contribution in [2.75, 3.05) is 7.05 Å². The molecule has 2 unspecified atom stereocenters. The fourth-order valence-corrected chi connectivity index (χ4v) is 2.32. The van der Waals surface area contributed by atoms with Crippen LogP contribution in [0.4, 0.5) is 22.4 Å². The van der Waals surface area contributed by atoms with Crippen molar-refractivity contribution in [2.45, 2.75) is 25.9 Å². The van der Waals surface area contributed by atoms with Crippen LogP contribution in [-0.4, -0.2) is 18.0 Å². The molecule has 7 heteroatoms. The van der Waals surface area contributed by atoms with Gasteiger partial charge in [0.15, 0.2) is 23.3 Å². The minimum absolute atomic E-state index is 0.404. The van der Waals surface area contributed by atoms with Crippen molar-refractivity contribution in [3.8, 4) is 0 Å². The number of nitrogens with one attached hydrogen (secondary N) is 1. The van der Waals surface area contributed by atoms with E-state index in [4.69, 9.17) is 0 Å². The molecule has 0 spiro atoms. The van der Waals surface area contributed by atoms with Crippen molar-refractivity contribution in [3.05, 3.63) is 70.8 Å². The number of amides is 2. The first-order valence-electron chi connectivity index (χ1n) is 7.64. The standard InChI is InChI=1S/C18H18F4N2O/c1-10(12-4-6-14(19)16(21)8-12)23-18(25)24(3)11(2)13-5-7-15(20)17(22)9-13/h4-11H,1-3H3,(H,23,25). The maximum absolute atomic E-state index is 13.3. The number of urea groups is 1. The van der Waals surface area contributed by atoms with Crippen molar-refractivity contribution >= 4 is 6.03 Å². The molecule has 2 aromatic carbocycles. The average Bonchev–Trinajstić information content (AvgIpc) is 2.58. The topological polar surface area (TPSA) is 32.3 Å². The maximum atomic E-state index is 13.3. The van der Waals surface area contributed by atoms with Gasteiger partial charge in [0.05, 0.1) is 12.1 Å². The highest BCUT2D eigenvalue weighted by Crippen LogP contribution is 2.22. The molecule has 0 aliphatic rings. The minimum atomic E-state index is -0.998. The van der Waals surface area contributed by atoms with Crippen LogP contribution in [0, 0.1) is 23.3 Å². The summed E-state index contributed by atoms with van der Waals surface area (Å²) in [6, 6.07) is 5.22. The summed E-state index contributed by atoms with van der Waals surface area (Å²) >= 11 is 0. The van der Waals surface area contributed by atoms with Gasteiger partial charge in [-0.25, -0.2) is 22.4 Å². The number of nitrogens with zero attached hydrogens (tertiary/aromatic N) is 1. The number of carbonyl (C=O) groups is 1. The van der Waals surface area contributed by atoms with Gasteiger partial charge < -0.3 is 10.2 Å². The lowest BCUT2D eigenvalue weighted by molar-refractivity contribution is 0.191. The lowest BCUT2D eigenvalue weighted by atomic mass is 10.1. The third-order valence-electron chi connectivity index (χ3n) is 4.11. The number of hydrogen-bond acceptors (Lipinski definition) is 1. The summed E-state index contributed by atoms with van der Waals surface area (Å²) in [6.45, 7) is 3.29. The molecule has 0 aliphatic heterocycles. The second-order valence-electron chi connectivity index (χ2n) is 5.81. The van der Waals surface area contributed by atoms with Crippen LogP contribution in [0.1, 0.15) is 37.1 Å². The van der Waals surface area contributed by atoms with Gasteiger partial charge in [-0.3, -0.25) is 0 Å². The highest BCUT2D eigenvalue weighted by molar-refractivity contribution is 5.75. The van der Waals surface area contributed by atoms with Crippen LogP contribution in [0.3, 0.4) is 0 Å². The molecule has 0 aromatic heterocycles. The Labute approximate surface area is 143 Å². The van der Waals surface area contributed by atoms with Crippen LogP contribution in [0.2, 0.25) is 0 Å². The Morgan fingerprint density at radius 3 is 1.88 bits per heavy atom. The molecule has 0 heterocycles. The molecule has 0 radical (unpaired) electrons. The molecular weight excluding hydrogens is 336 g/mol. The molecule has 2 atom stereocenters. The van der Waals surface area contributed by atoms with Crippen LogP contribution in [0.15, 0.2) is 36.4 Å². The second-order valence-corrected chi connectivity index (χ2v) is 5.81. The van der Waals surface area contributed by atoms with Crippen LogP contribution < -0.4 is 5.32 Å². The molecule has 25 heavy (non-hydrogen) atoms. The first-order chi connectivity index (χ1) is 11.7. The first-order valence-corrected chi connectivity index (χ1v) is 7.64. The normalized spacial score (nSPS) is 13.2. The van der Waals surface area contributed by atoms with Gasteiger partial charge in [0.1, 0.15) is 0 Å². The Balaban J connectivity index is 2.08. The first kappa shape index (κ1) is 18.8. The van der Waals surface area contributed by atoms with Gasteiger partial charge in [-0.05, 0) is 49.2 Å². The Morgan fingerprint density at radius 1 is 0.880 bits per heavy atom. The fourth-order valence-electron chi connectivity index (χ4n) is 2.32. The predicted octanol–water partition coefficient (Wildman–Crippen LogP) is 4.71. The molecule has 0 fully saturated rings. The van der Waals surface area contributed by atoms with E-state index in [2.05, 4.69) is 5.32 Å². The van der Waals surface area contributed by atoms with Crippen LogP contribution >= 0.6 is 0 Å². The van der Waals surface area contributed by atoms with Gasteiger partial charge in [0.2, 0.25) is 0 Å². The smallest absolute Gasteiger partial charge is 0.318 e. The molecule has 0 aliphatic carbocycles. The van der Waals surface area contributed by atoms with Crippen LogP contribution in [-0.2, 0) is 0 Å². The van der Waals surface area contributed by atoms with E-state index >= 15 is 0 Å². The molecule has 2 amide bonds. The fraction of sp³-hybridized carbons (Fsp3) is 0.278. The molecule has 1 N–H and O–H groups in total. The summed E-state index contributed by atoms with van der Waals surface area (Å²) in [5.41, 5.74) is 0.832. The third-order valence-corrected chi connectivity index (χ3v) is 4.11. The zero-order valence-corrected chi connectivity index (χ0v) is 14.0. The molecule has 0 saturated heterocycles. The number of rotatable bonds is 4. The summed E-state index contributed by atoms with van der Waals surface area (Å²) in [7, 11) is 1.50. The van der Waals surface area contributed by atoms with E-state index in [1.807, 2.05) is 0 Å². The quantitative estimate of drug-likeness (QED) is 0.793. The highest BCUT2D eigenvalue weighted by Gasteiger charge is 2.21. The van der Waals surface area contributed by atoms with Crippen molar-refractivity contribution in [2.24, 2.45) is 0 Å². The number of carbonyl (C=O) groups excluding carboxylic acids is 1. The summed E-state index contributed by atoms with van der Waals surface area (Å²) in [4.78, 5) is 13.6. The van der Waals surface area contributed by atoms with Gasteiger partial charge in [-0.1, -0.05) is 12.1 Å². The van der Waals surface area contributed by atoms with E-state index in [1.165, 1.54) is 24.1 Å². The molecule has 0 bridgehead atoms. The van der Waals surface area contributed by atoms with Crippen LogP contribution in [0.5, 0.6) is 0 Å². The summed E-state index contributed by atoms with van der Waals surface area (Å²) in [5, 5.41) is 2.65. The largest absolute Gasteiger partial charge is 0.331 e. The van der Waals surface area contributed by atoms with Crippen molar-refractivity contribution in [1.82, 2.24) is 10.2 Å². The zero-order chi connectivity index (χ0) is 18.7. The van der Waals surface area contributed by atoms with E-state index in [1.54, 1.807) is 13.8 Å². The van der Waals surface area contributed by atoms with E-state index in [9.17, 15) is 22.4 Å². The number of hydrogen-bond donors (Lipinski definition) is 1. The average molecular weight is 354 g/mol. The van der Waals surface area contributed by atoms with Crippen molar-refractivity contribution in [3.63, 3.8) is 0 Å². The lowest BCUT2D eigenvalue weighted by Gasteiger charge is -2.27. The van der Waals surface area contributed by atoms with E-state index < -0.39 is 41.4 Å². The minimum Gasteiger partial charge on any atom is -0.331 e. The van der Waals surface area contributed by atoms with Crippen LogP contribution in [0.25, 0.3) is 0 Å². The van der Waals surface area contributed by atoms with Gasteiger partial charge in [-0.2, -0.15) is 0 Å². The lowest BCUT2D eigenvalue weighted by Crippen LogP contribution is -2.40. The Bertz CT molecular complexity index is 782. The molecule has 2 rings (SSSR count). The number of halogens is 4. The third kappa shape index (κ3) is 4.29. The molecule has 3 nitrogen and oxygen atoms in total. The van der Waals surface area contributed by atoms with Gasteiger partial charge in [0, 0.05) is 7.05 Å². The summed E-state index contributed by atoms with van der Waals surface area (Å²) in [5.74, 6) is -3.92. The molecular formula is C18H18F4N2O. The summed E-state index contributed by atoms with van der Waals surface area (Å²) in [6.07, 6.45) is 0. The Kier molecular flexibility index (Phi) is 5.66. The molecule has 2 aromatic rings. The monoisotopic (exact) mass is 354 g/mol. The molecule has 134 valence electrons. The zero-order valence-electron chi connectivity index (χ0n) is 14.0. The van der Waals surface area contributed by atoms with E-state index in [0.717, 1.165) is 24.3 Å². The van der Waals surface area contributed by atoms with Gasteiger partial charge in [-0.15, -0.1) is 0 Å². The number of benzene rings is 2. The van der Waals surface area contributed by atoms with Crippen molar-refractivity contribution in [1.29, 1.82) is 0 Å². The van der Waals surface area contributed by atoms with Gasteiger partial charge >= 0.3 is 6.03 Å². The van der Waals surface area contributed by atoms with Crippen molar-refractivity contribution < 1.29 is 22.4 Å².